The summed E-state index contributed by atoms with van der Waals surface area (Å²) in [7, 11) is -3.41. The van der Waals surface area contributed by atoms with Crippen molar-refractivity contribution < 1.29 is 18.0 Å². The van der Waals surface area contributed by atoms with Crippen LogP contribution in [-0.4, -0.2) is 61.4 Å². The number of anilines is 1. The summed E-state index contributed by atoms with van der Waals surface area (Å²) in [5, 5.41) is 3.06. The molecule has 0 unspecified atom stereocenters. The molecule has 2 heterocycles. The van der Waals surface area contributed by atoms with E-state index >= 15 is 0 Å². The molecule has 1 atom stereocenters. The first-order valence-corrected chi connectivity index (χ1v) is 8.86. The number of carbonyl (C=O) groups excluding carboxylic acids is 2. The number of benzene rings is 1. The fourth-order valence-electron chi connectivity index (χ4n) is 2.70. The SMILES string of the molecule is CS(=O)(=O)N1CCN2C(=O)c3ccc(Cl)cc3NC(=O)[C@H]2C1. The molecule has 0 radical (unpaired) electrons. The lowest BCUT2D eigenvalue weighted by atomic mass is 10.1. The number of hydrogen-bond donors (Lipinski definition) is 1. The van der Waals surface area contributed by atoms with Crippen LogP contribution < -0.4 is 5.32 Å². The van der Waals surface area contributed by atoms with Crippen LogP contribution in [0.15, 0.2) is 18.2 Å². The van der Waals surface area contributed by atoms with Crippen LogP contribution >= 0.6 is 11.6 Å². The van der Waals surface area contributed by atoms with Gasteiger partial charge in [0.2, 0.25) is 15.9 Å². The van der Waals surface area contributed by atoms with Crippen LogP contribution in [0.1, 0.15) is 10.4 Å². The maximum Gasteiger partial charge on any atom is 0.256 e. The molecule has 1 saturated heterocycles. The van der Waals surface area contributed by atoms with Crippen molar-refractivity contribution in [2.75, 3.05) is 31.2 Å². The van der Waals surface area contributed by atoms with Gasteiger partial charge >= 0.3 is 0 Å². The topological polar surface area (TPSA) is 86.8 Å². The van der Waals surface area contributed by atoms with E-state index in [9.17, 15) is 18.0 Å². The van der Waals surface area contributed by atoms with Crippen molar-refractivity contribution in [3.05, 3.63) is 28.8 Å². The quantitative estimate of drug-likeness (QED) is 0.798. The summed E-state index contributed by atoms with van der Waals surface area (Å²) >= 11 is 5.90. The van der Waals surface area contributed by atoms with Gasteiger partial charge < -0.3 is 10.2 Å². The second kappa shape index (κ2) is 5.22. The Labute approximate surface area is 132 Å². The molecule has 118 valence electrons. The molecule has 0 aliphatic carbocycles. The molecule has 2 aliphatic heterocycles. The van der Waals surface area contributed by atoms with Crippen LogP contribution in [0.25, 0.3) is 0 Å². The molecule has 2 aliphatic rings. The summed E-state index contributed by atoms with van der Waals surface area (Å²) in [6.45, 7) is 0.307. The van der Waals surface area contributed by atoms with E-state index in [1.54, 1.807) is 12.1 Å². The van der Waals surface area contributed by atoms with Gasteiger partial charge in [0.25, 0.3) is 5.91 Å². The van der Waals surface area contributed by atoms with Gasteiger partial charge in [-0.15, -0.1) is 0 Å². The maximum absolute atomic E-state index is 12.6. The zero-order valence-electron chi connectivity index (χ0n) is 11.7. The van der Waals surface area contributed by atoms with Crippen molar-refractivity contribution in [3.63, 3.8) is 0 Å². The Morgan fingerprint density at radius 2 is 2.00 bits per heavy atom. The lowest BCUT2D eigenvalue weighted by molar-refractivity contribution is -0.121. The fraction of sp³-hybridized carbons (Fsp3) is 0.385. The lowest BCUT2D eigenvalue weighted by Gasteiger charge is -2.38. The molecule has 1 N–H and O–H groups in total. The van der Waals surface area contributed by atoms with Crippen LogP contribution in [0.4, 0.5) is 5.69 Å². The fourth-order valence-corrected chi connectivity index (χ4v) is 3.70. The highest BCUT2D eigenvalue weighted by Crippen LogP contribution is 2.28. The molecule has 0 aromatic heterocycles. The van der Waals surface area contributed by atoms with E-state index in [-0.39, 0.29) is 25.5 Å². The number of hydrogen-bond acceptors (Lipinski definition) is 4. The molecule has 0 spiro atoms. The molecule has 1 aromatic rings. The third kappa shape index (κ3) is 2.57. The molecule has 1 fully saturated rings. The molecular weight excluding hydrogens is 330 g/mol. The number of fused-ring (bicyclic) bond motifs is 2. The van der Waals surface area contributed by atoms with Gasteiger partial charge in [-0.3, -0.25) is 9.59 Å². The van der Waals surface area contributed by atoms with Crippen molar-refractivity contribution in [2.45, 2.75) is 6.04 Å². The van der Waals surface area contributed by atoms with Crippen molar-refractivity contribution in [2.24, 2.45) is 0 Å². The minimum absolute atomic E-state index is 0.0435. The molecular formula is C13H14ClN3O4S. The van der Waals surface area contributed by atoms with Gasteiger partial charge in [-0.25, -0.2) is 8.42 Å². The minimum atomic E-state index is -3.41. The van der Waals surface area contributed by atoms with E-state index in [0.717, 1.165) is 6.26 Å². The Bertz CT molecular complexity index is 765. The monoisotopic (exact) mass is 343 g/mol. The van der Waals surface area contributed by atoms with E-state index in [1.165, 1.54) is 15.3 Å². The summed E-state index contributed by atoms with van der Waals surface area (Å²) in [5.41, 5.74) is 0.705. The predicted octanol–water partition coefficient (Wildman–Crippen LogP) is 0.378. The number of piperazine rings is 1. The zero-order valence-corrected chi connectivity index (χ0v) is 13.3. The number of carbonyl (C=O) groups is 2. The largest absolute Gasteiger partial charge is 0.324 e. The molecule has 3 rings (SSSR count). The Morgan fingerprint density at radius 1 is 1.27 bits per heavy atom. The summed E-state index contributed by atoms with van der Waals surface area (Å²) in [5.74, 6) is -0.717. The number of rotatable bonds is 1. The first-order valence-electron chi connectivity index (χ1n) is 6.64. The second-order valence-corrected chi connectivity index (χ2v) is 7.73. The van der Waals surface area contributed by atoms with Crippen molar-refractivity contribution in [3.8, 4) is 0 Å². The number of sulfonamides is 1. The predicted molar refractivity (Wildman–Crippen MR) is 81.3 cm³/mol. The normalized spacial score (nSPS) is 22.6. The Balaban J connectivity index is 1.99. The molecule has 0 saturated carbocycles. The molecule has 1 aromatic carbocycles. The van der Waals surface area contributed by atoms with Gasteiger partial charge in [-0.05, 0) is 18.2 Å². The summed E-state index contributed by atoms with van der Waals surface area (Å²) in [6, 6.07) is 3.81. The third-order valence-corrected chi connectivity index (χ3v) is 5.35. The molecule has 2 amide bonds. The Hall–Kier alpha value is -1.64. The van der Waals surface area contributed by atoms with Gasteiger partial charge in [0, 0.05) is 24.7 Å². The van der Waals surface area contributed by atoms with Crippen molar-refractivity contribution in [1.82, 2.24) is 9.21 Å². The van der Waals surface area contributed by atoms with Crippen LogP contribution in [-0.2, 0) is 14.8 Å². The Morgan fingerprint density at radius 3 is 2.68 bits per heavy atom. The molecule has 9 heteroatoms. The third-order valence-electron chi connectivity index (χ3n) is 3.85. The highest BCUT2D eigenvalue weighted by atomic mass is 35.5. The van der Waals surface area contributed by atoms with Gasteiger partial charge in [-0.2, -0.15) is 4.31 Å². The number of nitrogens with one attached hydrogen (secondary N) is 1. The van der Waals surface area contributed by atoms with E-state index in [2.05, 4.69) is 5.32 Å². The van der Waals surface area contributed by atoms with Crippen molar-refractivity contribution >= 4 is 39.1 Å². The van der Waals surface area contributed by atoms with E-state index in [4.69, 9.17) is 11.6 Å². The second-order valence-electron chi connectivity index (χ2n) is 5.31. The van der Waals surface area contributed by atoms with Crippen LogP contribution in [0.5, 0.6) is 0 Å². The smallest absolute Gasteiger partial charge is 0.256 e. The summed E-state index contributed by atoms with van der Waals surface area (Å²) in [4.78, 5) is 26.4. The van der Waals surface area contributed by atoms with Gasteiger partial charge in [0.05, 0.1) is 17.5 Å². The van der Waals surface area contributed by atoms with Gasteiger partial charge in [0.1, 0.15) is 6.04 Å². The zero-order chi connectivity index (χ0) is 16.1. The number of halogens is 1. The average molecular weight is 344 g/mol. The first-order chi connectivity index (χ1) is 10.3. The van der Waals surface area contributed by atoms with E-state index in [1.807, 2.05) is 0 Å². The molecule has 7 nitrogen and oxygen atoms in total. The Kier molecular flexibility index (Phi) is 3.62. The molecule has 22 heavy (non-hydrogen) atoms. The first kappa shape index (κ1) is 15.3. The highest BCUT2D eigenvalue weighted by Gasteiger charge is 2.41. The summed E-state index contributed by atoms with van der Waals surface area (Å²) < 4.78 is 24.6. The van der Waals surface area contributed by atoms with Crippen LogP contribution in [0.2, 0.25) is 5.02 Å². The maximum atomic E-state index is 12.6. The lowest BCUT2D eigenvalue weighted by Crippen LogP contribution is -2.59. The van der Waals surface area contributed by atoms with E-state index < -0.39 is 22.0 Å². The van der Waals surface area contributed by atoms with Gasteiger partial charge in [0.15, 0.2) is 0 Å². The van der Waals surface area contributed by atoms with E-state index in [0.29, 0.717) is 16.3 Å². The minimum Gasteiger partial charge on any atom is -0.324 e. The van der Waals surface area contributed by atoms with Gasteiger partial charge in [-0.1, -0.05) is 11.6 Å². The number of nitrogens with zero attached hydrogens (tertiary/aromatic N) is 2. The van der Waals surface area contributed by atoms with Crippen molar-refractivity contribution in [1.29, 1.82) is 0 Å². The standard InChI is InChI=1S/C13H14ClN3O4S/c1-22(20,21)16-4-5-17-11(7-16)12(18)15-10-6-8(14)2-3-9(10)13(17)19/h2-3,6,11H,4-5,7H2,1H3,(H,15,18)/t11-/m1/s1. The molecule has 0 bridgehead atoms. The average Bonchev–Trinajstić information content (AvgIpc) is 2.54. The summed E-state index contributed by atoms with van der Waals surface area (Å²) in [6.07, 6.45) is 1.09. The van der Waals surface area contributed by atoms with Crippen LogP contribution in [0.3, 0.4) is 0 Å². The highest BCUT2D eigenvalue weighted by molar-refractivity contribution is 7.88. The van der Waals surface area contributed by atoms with Crippen LogP contribution in [0, 0.1) is 0 Å². The number of amides is 2.